The number of hydrogen-bond donors (Lipinski definition) is 0. The van der Waals surface area contributed by atoms with Gasteiger partial charge in [-0.05, 0) is 60.7 Å². The number of benzene rings is 7. The molecule has 1 aliphatic rings. The average molecular weight is 641 g/mol. The molecule has 12 rings (SSSR count). The summed E-state index contributed by atoms with van der Waals surface area (Å²) in [7, 11) is 0. The topological polar surface area (TPSA) is 58.0 Å². The molecule has 0 atom stereocenters. The maximum absolute atomic E-state index is 6.33. The fraction of sp³-hybridized carbons (Fsp3) is 0. The SMILES string of the molecule is c1ccc2c(c1)Oc1cccc3nc(-n4c5ccccc5c5ccc6c7ccccc7n(-c7ccc8oc9ccccc9c8c7)c6c54)nc-2c13. The molecule has 0 radical (unpaired) electrons. The number of nitrogens with zero attached hydrogens (tertiary/aromatic N) is 4. The average Bonchev–Trinajstić information content (AvgIpc) is 3.82. The third kappa shape index (κ3) is 3.32. The summed E-state index contributed by atoms with van der Waals surface area (Å²) in [5.74, 6) is 2.19. The first-order valence-electron chi connectivity index (χ1n) is 16.8. The van der Waals surface area contributed by atoms with Gasteiger partial charge in [0.25, 0.3) is 0 Å². The predicted octanol–water partition coefficient (Wildman–Crippen LogP) is 11.5. The zero-order chi connectivity index (χ0) is 32.5. The van der Waals surface area contributed by atoms with Crippen molar-refractivity contribution in [3.63, 3.8) is 0 Å². The van der Waals surface area contributed by atoms with E-state index in [2.05, 4.69) is 112 Å². The van der Waals surface area contributed by atoms with E-state index in [1.54, 1.807) is 0 Å². The lowest BCUT2D eigenvalue weighted by molar-refractivity contribution is 0.486. The predicted molar refractivity (Wildman–Crippen MR) is 201 cm³/mol. The van der Waals surface area contributed by atoms with Crippen LogP contribution in [-0.2, 0) is 0 Å². The van der Waals surface area contributed by atoms with Gasteiger partial charge < -0.3 is 13.7 Å². The van der Waals surface area contributed by atoms with Crippen molar-refractivity contribution in [2.75, 3.05) is 0 Å². The van der Waals surface area contributed by atoms with Crippen molar-refractivity contribution in [3.8, 4) is 34.4 Å². The van der Waals surface area contributed by atoms with Crippen LogP contribution >= 0.6 is 0 Å². The molecule has 0 bridgehead atoms. The standard InChI is InChI=1S/C44H24N4O2/c1-5-15-34-26(10-1)29-21-22-30-27-11-2-6-16-35(27)48(44-45-33-14-9-19-39-40(33)41(46-44)31-13-4-8-18-37(31)50-39)43(30)42(29)47(34)25-20-23-38-32(24-25)28-12-3-7-17-36(28)49-38/h1-24H. The molecule has 0 saturated carbocycles. The number of fused-ring (bicyclic) bond motifs is 12. The van der Waals surface area contributed by atoms with Crippen LogP contribution in [0.15, 0.2) is 150 Å². The highest BCUT2D eigenvalue weighted by Gasteiger charge is 2.26. The van der Waals surface area contributed by atoms with Crippen LogP contribution in [0, 0.1) is 0 Å². The fourth-order valence-corrected chi connectivity index (χ4v) is 8.22. The van der Waals surface area contributed by atoms with Crippen LogP contribution in [0.2, 0.25) is 0 Å². The van der Waals surface area contributed by atoms with Crippen molar-refractivity contribution in [2.24, 2.45) is 0 Å². The number of rotatable bonds is 2. The van der Waals surface area contributed by atoms with Crippen LogP contribution in [0.3, 0.4) is 0 Å². The Morgan fingerprint density at radius 2 is 1.12 bits per heavy atom. The van der Waals surface area contributed by atoms with Crippen molar-refractivity contribution in [2.45, 2.75) is 0 Å². The van der Waals surface area contributed by atoms with E-state index in [9.17, 15) is 0 Å². The summed E-state index contributed by atoms with van der Waals surface area (Å²) in [5, 5.41) is 7.75. The van der Waals surface area contributed by atoms with Crippen LogP contribution in [-0.4, -0.2) is 19.1 Å². The van der Waals surface area contributed by atoms with Crippen molar-refractivity contribution in [1.82, 2.24) is 19.1 Å². The van der Waals surface area contributed by atoms with E-state index >= 15 is 0 Å². The van der Waals surface area contributed by atoms with E-state index < -0.39 is 0 Å². The molecule has 0 spiro atoms. The summed E-state index contributed by atoms with van der Waals surface area (Å²) in [6, 6.07) is 50.7. The molecule has 5 heterocycles. The molecule has 0 N–H and O–H groups in total. The third-order valence-electron chi connectivity index (χ3n) is 10.3. The maximum Gasteiger partial charge on any atom is 0.235 e. The van der Waals surface area contributed by atoms with E-state index in [1.165, 1.54) is 5.39 Å². The molecular weight excluding hydrogens is 617 g/mol. The Hall–Kier alpha value is -6.92. The first-order valence-corrected chi connectivity index (χ1v) is 16.8. The van der Waals surface area contributed by atoms with E-state index in [4.69, 9.17) is 19.1 Å². The Morgan fingerprint density at radius 3 is 1.96 bits per heavy atom. The normalized spacial score (nSPS) is 12.6. The molecule has 11 aromatic rings. The summed E-state index contributed by atoms with van der Waals surface area (Å²) in [6.45, 7) is 0. The quantitative estimate of drug-likeness (QED) is 0.189. The number of para-hydroxylation sites is 4. The molecular formula is C44H24N4O2. The first kappa shape index (κ1) is 26.1. The molecule has 6 nitrogen and oxygen atoms in total. The molecule has 0 saturated heterocycles. The van der Waals surface area contributed by atoms with Crippen LogP contribution in [0.4, 0.5) is 0 Å². The van der Waals surface area contributed by atoms with Gasteiger partial charge in [-0.3, -0.25) is 4.57 Å². The molecule has 0 unspecified atom stereocenters. The van der Waals surface area contributed by atoms with Crippen molar-refractivity contribution < 1.29 is 9.15 Å². The van der Waals surface area contributed by atoms with Gasteiger partial charge in [-0.15, -0.1) is 0 Å². The van der Waals surface area contributed by atoms with E-state index in [-0.39, 0.29) is 0 Å². The number of furan rings is 1. The largest absolute Gasteiger partial charge is 0.456 e. The molecule has 0 amide bonds. The Morgan fingerprint density at radius 1 is 0.460 bits per heavy atom. The molecule has 0 fully saturated rings. The smallest absolute Gasteiger partial charge is 0.235 e. The highest BCUT2D eigenvalue weighted by atomic mass is 16.5. The van der Waals surface area contributed by atoms with E-state index in [1.807, 2.05) is 42.5 Å². The van der Waals surface area contributed by atoms with Gasteiger partial charge in [0.1, 0.15) is 22.7 Å². The number of aromatic nitrogens is 4. The second kappa shape index (κ2) is 9.36. The van der Waals surface area contributed by atoms with Crippen LogP contribution in [0.1, 0.15) is 0 Å². The van der Waals surface area contributed by atoms with Gasteiger partial charge >= 0.3 is 0 Å². The van der Waals surface area contributed by atoms with Gasteiger partial charge in [0.2, 0.25) is 5.95 Å². The zero-order valence-corrected chi connectivity index (χ0v) is 26.5. The molecule has 0 aliphatic carbocycles. The third-order valence-corrected chi connectivity index (χ3v) is 10.3. The second-order valence-corrected chi connectivity index (χ2v) is 13.0. The number of ether oxygens (including phenoxy) is 1. The molecule has 232 valence electrons. The van der Waals surface area contributed by atoms with Gasteiger partial charge in [-0.25, -0.2) is 9.97 Å². The second-order valence-electron chi connectivity index (χ2n) is 13.0. The Bertz CT molecular complexity index is 3250. The summed E-state index contributed by atoms with van der Waals surface area (Å²) >= 11 is 0. The minimum absolute atomic E-state index is 0.619. The zero-order valence-electron chi connectivity index (χ0n) is 26.5. The highest BCUT2D eigenvalue weighted by molar-refractivity contribution is 6.24. The van der Waals surface area contributed by atoms with Crippen molar-refractivity contribution >= 4 is 76.5 Å². The Labute approximate surface area is 284 Å². The van der Waals surface area contributed by atoms with Crippen LogP contribution in [0.25, 0.3) is 99.3 Å². The van der Waals surface area contributed by atoms with Gasteiger partial charge in [-0.1, -0.05) is 84.9 Å². The number of hydrogen-bond acceptors (Lipinski definition) is 4. The minimum atomic E-state index is 0.619. The summed E-state index contributed by atoms with van der Waals surface area (Å²) in [6.07, 6.45) is 0. The van der Waals surface area contributed by atoms with Crippen LogP contribution in [0.5, 0.6) is 11.5 Å². The van der Waals surface area contributed by atoms with Gasteiger partial charge in [0, 0.05) is 43.6 Å². The van der Waals surface area contributed by atoms with E-state index in [0.717, 1.165) is 99.5 Å². The Kier molecular flexibility index (Phi) is 4.89. The molecule has 1 aliphatic heterocycles. The summed E-state index contributed by atoms with van der Waals surface area (Å²) in [5.41, 5.74) is 9.82. The highest BCUT2D eigenvalue weighted by Crippen LogP contribution is 2.47. The summed E-state index contributed by atoms with van der Waals surface area (Å²) in [4.78, 5) is 10.7. The van der Waals surface area contributed by atoms with Crippen molar-refractivity contribution in [3.05, 3.63) is 146 Å². The van der Waals surface area contributed by atoms with Gasteiger partial charge in [0.05, 0.1) is 38.7 Å². The van der Waals surface area contributed by atoms with Gasteiger partial charge in [0.15, 0.2) is 0 Å². The first-order chi connectivity index (χ1) is 24.8. The monoisotopic (exact) mass is 640 g/mol. The van der Waals surface area contributed by atoms with Gasteiger partial charge in [-0.2, -0.15) is 0 Å². The molecule has 4 aromatic heterocycles. The lowest BCUT2D eigenvalue weighted by Gasteiger charge is -2.21. The lowest BCUT2D eigenvalue weighted by Crippen LogP contribution is -2.07. The van der Waals surface area contributed by atoms with Crippen LogP contribution < -0.4 is 4.74 Å². The fourth-order valence-electron chi connectivity index (χ4n) is 8.22. The minimum Gasteiger partial charge on any atom is -0.456 e. The Balaban J connectivity index is 1.26. The molecule has 50 heavy (non-hydrogen) atoms. The molecule has 7 aromatic carbocycles. The summed E-state index contributed by atoms with van der Waals surface area (Å²) < 4.78 is 17.2. The van der Waals surface area contributed by atoms with Crippen molar-refractivity contribution in [1.29, 1.82) is 0 Å². The lowest BCUT2D eigenvalue weighted by atomic mass is 10.0. The maximum atomic E-state index is 6.33. The molecule has 6 heteroatoms. The van der Waals surface area contributed by atoms with E-state index in [0.29, 0.717) is 5.95 Å².